The lowest BCUT2D eigenvalue weighted by molar-refractivity contribution is -0.138. The summed E-state index contributed by atoms with van der Waals surface area (Å²) in [5, 5.41) is 0. The average molecular weight is 370 g/mol. The molecule has 3 heterocycles. The van der Waals surface area contributed by atoms with Gasteiger partial charge in [-0.15, -0.1) is 0 Å². The number of halogens is 4. The zero-order valence-electron chi connectivity index (χ0n) is 14.1. The molecule has 0 atom stereocenters. The minimum atomic E-state index is -4.60. The van der Waals surface area contributed by atoms with Gasteiger partial charge in [0.2, 0.25) is 5.88 Å². The van der Waals surface area contributed by atoms with Crippen molar-refractivity contribution < 1.29 is 22.3 Å². The fourth-order valence-electron chi connectivity index (χ4n) is 2.82. The molecule has 5 nitrogen and oxygen atoms in total. The fraction of sp³-hybridized carbons (Fsp3) is 0.412. The lowest BCUT2D eigenvalue weighted by atomic mass is 10.2. The highest BCUT2D eigenvalue weighted by molar-refractivity contribution is 5.42. The Kier molecular flexibility index (Phi) is 5.26. The highest BCUT2D eigenvalue weighted by Crippen LogP contribution is 2.31. The molecule has 1 aliphatic heterocycles. The predicted octanol–water partition coefficient (Wildman–Crippen LogP) is 2.97. The summed E-state index contributed by atoms with van der Waals surface area (Å²) in [4.78, 5) is 11.7. The maximum atomic E-state index is 14.0. The zero-order valence-corrected chi connectivity index (χ0v) is 14.1. The Hall–Kier alpha value is -2.42. The number of nitrogens with zero attached hydrogens (tertiary/aromatic N) is 4. The van der Waals surface area contributed by atoms with Gasteiger partial charge in [-0.05, 0) is 11.6 Å². The van der Waals surface area contributed by atoms with E-state index in [-0.39, 0.29) is 5.82 Å². The summed E-state index contributed by atoms with van der Waals surface area (Å²) in [6.45, 7) is 2.95. The van der Waals surface area contributed by atoms with Crippen LogP contribution in [0.15, 0.2) is 30.6 Å². The summed E-state index contributed by atoms with van der Waals surface area (Å²) in [7, 11) is 1.55. The van der Waals surface area contributed by atoms with Gasteiger partial charge in [0.05, 0.1) is 12.7 Å². The van der Waals surface area contributed by atoms with E-state index >= 15 is 0 Å². The smallest absolute Gasteiger partial charge is 0.417 e. The molecule has 2 aromatic heterocycles. The van der Waals surface area contributed by atoms with Crippen molar-refractivity contribution in [2.45, 2.75) is 12.7 Å². The lowest BCUT2D eigenvalue weighted by Crippen LogP contribution is -2.46. The molecule has 0 bridgehead atoms. The normalized spacial score (nSPS) is 16.0. The molecular formula is C17H18F4N4O. The summed E-state index contributed by atoms with van der Waals surface area (Å²) in [5.41, 5.74) is -0.0533. The molecule has 1 saturated heterocycles. The number of alkyl halides is 3. The molecule has 0 unspecified atom stereocenters. The van der Waals surface area contributed by atoms with Crippen LogP contribution in [0.3, 0.4) is 0 Å². The predicted molar refractivity (Wildman–Crippen MR) is 87.5 cm³/mol. The molecule has 0 amide bonds. The van der Waals surface area contributed by atoms with Crippen LogP contribution in [0.5, 0.6) is 5.88 Å². The third kappa shape index (κ3) is 4.21. The number of methoxy groups -OCH3 is 1. The number of pyridine rings is 2. The molecule has 140 valence electrons. The summed E-state index contributed by atoms with van der Waals surface area (Å²) in [5.74, 6) is -0.446. The van der Waals surface area contributed by atoms with Crippen LogP contribution in [0.4, 0.5) is 23.4 Å². The van der Waals surface area contributed by atoms with Gasteiger partial charge in [-0.25, -0.2) is 14.4 Å². The van der Waals surface area contributed by atoms with E-state index in [4.69, 9.17) is 4.74 Å². The molecule has 0 spiro atoms. The Bertz CT molecular complexity index is 743. The maximum Gasteiger partial charge on any atom is 0.417 e. The van der Waals surface area contributed by atoms with Gasteiger partial charge < -0.3 is 9.64 Å². The number of anilines is 1. The Balaban J connectivity index is 1.59. The van der Waals surface area contributed by atoms with Crippen LogP contribution in [0.25, 0.3) is 0 Å². The van der Waals surface area contributed by atoms with E-state index in [0.29, 0.717) is 50.9 Å². The van der Waals surface area contributed by atoms with Crippen molar-refractivity contribution in [3.63, 3.8) is 0 Å². The minimum Gasteiger partial charge on any atom is -0.481 e. The van der Waals surface area contributed by atoms with Crippen molar-refractivity contribution in [1.82, 2.24) is 14.9 Å². The molecule has 1 fully saturated rings. The third-order valence-electron chi connectivity index (χ3n) is 4.23. The first kappa shape index (κ1) is 18.4. The van der Waals surface area contributed by atoms with Crippen LogP contribution in [0.2, 0.25) is 0 Å². The van der Waals surface area contributed by atoms with Gasteiger partial charge in [-0.3, -0.25) is 4.90 Å². The van der Waals surface area contributed by atoms with Gasteiger partial charge in [0, 0.05) is 51.2 Å². The van der Waals surface area contributed by atoms with Crippen molar-refractivity contribution in [3.05, 3.63) is 47.5 Å². The molecular weight excluding hydrogens is 352 g/mol. The number of hydrogen-bond donors (Lipinski definition) is 0. The van der Waals surface area contributed by atoms with Crippen molar-refractivity contribution in [2.75, 3.05) is 38.2 Å². The number of ether oxygens (including phenoxy) is 1. The van der Waals surface area contributed by atoms with Gasteiger partial charge in [-0.2, -0.15) is 13.2 Å². The molecule has 0 N–H and O–H groups in total. The fourth-order valence-corrected chi connectivity index (χ4v) is 2.82. The SMILES string of the molecule is COc1ccc(CN2CCN(c3ncc(C(F)(F)F)cc3F)CC2)cn1. The molecule has 0 aromatic carbocycles. The number of hydrogen-bond acceptors (Lipinski definition) is 5. The van der Waals surface area contributed by atoms with E-state index < -0.39 is 17.6 Å². The topological polar surface area (TPSA) is 41.5 Å². The highest BCUT2D eigenvalue weighted by atomic mass is 19.4. The van der Waals surface area contributed by atoms with E-state index in [9.17, 15) is 17.6 Å². The first-order valence-electron chi connectivity index (χ1n) is 8.06. The van der Waals surface area contributed by atoms with E-state index in [0.717, 1.165) is 5.56 Å². The standard InChI is InChI=1S/C17H18F4N4O/c1-26-15-3-2-12(9-22-15)11-24-4-6-25(7-5-24)16-14(18)8-13(10-23-16)17(19,20)21/h2-3,8-10H,4-7,11H2,1H3. The number of piperazine rings is 1. The molecule has 0 radical (unpaired) electrons. The van der Waals surface area contributed by atoms with Crippen LogP contribution < -0.4 is 9.64 Å². The van der Waals surface area contributed by atoms with E-state index in [1.54, 1.807) is 24.3 Å². The van der Waals surface area contributed by atoms with Crippen LogP contribution >= 0.6 is 0 Å². The van der Waals surface area contributed by atoms with Crippen LogP contribution in [0.1, 0.15) is 11.1 Å². The van der Waals surface area contributed by atoms with Crippen molar-refractivity contribution in [2.24, 2.45) is 0 Å². The Morgan fingerprint density at radius 1 is 1.08 bits per heavy atom. The molecule has 26 heavy (non-hydrogen) atoms. The van der Waals surface area contributed by atoms with Crippen molar-refractivity contribution in [3.8, 4) is 5.88 Å². The summed E-state index contributed by atoms with van der Waals surface area (Å²) >= 11 is 0. The van der Waals surface area contributed by atoms with Crippen molar-refractivity contribution >= 4 is 5.82 Å². The van der Waals surface area contributed by atoms with Gasteiger partial charge in [0.15, 0.2) is 11.6 Å². The second kappa shape index (κ2) is 7.45. The second-order valence-corrected chi connectivity index (χ2v) is 6.00. The third-order valence-corrected chi connectivity index (χ3v) is 4.23. The number of aromatic nitrogens is 2. The van der Waals surface area contributed by atoms with E-state index in [1.165, 1.54) is 0 Å². The molecule has 1 aliphatic rings. The summed E-state index contributed by atoms with van der Waals surface area (Å²) in [6, 6.07) is 4.21. The van der Waals surface area contributed by atoms with Crippen LogP contribution in [-0.4, -0.2) is 48.2 Å². The quantitative estimate of drug-likeness (QED) is 0.774. The maximum absolute atomic E-state index is 14.0. The van der Waals surface area contributed by atoms with Gasteiger partial charge in [0.1, 0.15) is 0 Å². The van der Waals surface area contributed by atoms with Gasteiger partial charge >= 0.3 is 6.18 Å². The Morgan fingerprint density at radius 3 is 2.35 bits per heavy atom. The Labute approximate surface area is 148 Å². The molecule has 2 aromatic rings. The minimum absolute atomic E-state index is 0.0382. The first-order chi connectivity index (χ1) is 12.4. The first-order valence-corrected chi connectivity index (χ1v) is 8.06. The second-order valence-electron chi connectivity index (χ2n) is 6.00. The van der Waals surface area contributed by atoms with Gasteiger partial charge in [0.25, 0.3) is 0 Å². The lowest BCUT2D eigenvalue weighted by Gasteiger charge is -2.35. The van der Waals surface area contributed by atoms with E-state index in [2.05, 4.69) is 14.9 Å². The highest BCUT2D eigenvalue weighted by Gasteiger charge is 2.32. The summed E-state index contributed by atoms with van der Waals surface area (Å²) in [6.07, 6.45) is -2.19. The van der Waals surface area contributed by atoms with Crippen LogP contribution in [0, 0.1) is 5.82 Å². The van der Waals surface area contributed by atoms with Crippen molar-refractivity contribution in [1.29, 1.82) is 0 Å². The number of rotatable bonds is 4. The van der Waals surface area contributed by atoms with Gasteiger partial charge in [-0.1, -0.05) is 6.07 Å². The Morgan fingerprint density at radius 2 is 1.81 bits per heavy atom. The van der Waals surface area contributed by atoms with Crippen LogP contribution in [-0.2, 0) is 12.7 Å². The zero-order chi connectivity index (χ0) is 18.7. The largest absolute Gasteiger partial charge is 0.481 e. The molecule has 3 rings (SSSR count). The monoisotopic (exact) mass is 370 g/mol. The molecule has 0 aliphatic carbocycles. The average Bonchev–Trinajstić information content (AvgIpc) is 2.62. The summed E-state index contributed by atoms with van der Waals surface area (Å²) < 4.78 is 56.9. The molecule has 0 saturated carbocycles. The molecule has 9 heteroatoms. The van der Waals surface area contributed by atoms with E-state index in [1.807, 2.05) is 6.07 Å².